The SMILES string of the molecule is Clc1ccc(CCC(Cn2cncn2)c2ccc(Cl)cc2Cl)c(Cl)c1. The van der Waals surface area contributed by atoms with Gasteiger partial charge in [-0.2, -0.15) is 5.10 Å². The molecule has 0 fully saturated rings. The van der Waals surface area contributed by atoms with Crippen molar-refractivity contribution in [2.75, 3.05) is 0 Å². The fourth-order valence-corrected chi connectivity index (χ4v) is 3.85. The highest BCUT2D eigenvalue weighted by molar-refractivity contribution is 6.35. The molecule has 0 radical (unpaired) electrons. The van der Waals surface area contributed by atoms with Crippen LogP contribution in [-0.4, -0.2) is 14.8 Å². The standard InChI is InChI=1S/C18H15Cl4N3/c19-14-4-3-12(17(21)7-14)1-2-13(9-25-11-23-10-24-25)16-6-5-15(20)8-18(16)22/h3-8,10-11,13H,1-2,9H2. The molecule has 0 bridgehead atoms. The molecule has 130 valence electrons. The molecule has 1 atom stereocenters. The Kier molecular flexibility index (Phi) is 6.24. The topological polar surface area (TPSA) is 30.7 Å². The van der Waals surface area contributed by atoms with Gasteiger partial charge in [-0.25, -0.2) is 4.98 Å². The van der Waals surface area contributed by atoms with Gasteiger partial charge >= 0.3 is 0 Å². The third-order valence-corrected chi connectivity index (χ3v) is 5.20. The highest BCUT2D eigenvalue weighted by Gasteiger charge is 2.17. The Morgan fingerprint density at radius 1 is 0.920 bits per heavy atom. The maximum Gasteiger partial charge on any atom is 0.137 e. The molecule has 25 heavy (non-hydrogen) atoms. The lowest BCUT2D eigenvalue weighted by Crippen LogP contribution is -2.11. The average Bonchev–Trinajstić information content (AvgIpc) is 3.06. The van der Waals surface area contributed by atoms with Gasteiger partial charge in [0, 0.05) is 32.6 Å². The van der Waals surface area contributed by atoms with Crippen LogP contribution >= 0.6 is 46.4 Å². The summed E-state index contributed by atoms with van der Waals surface area (Å²) in [6.07, 6.45) is 4.87. The van der Waals surface area contributed by atoms with Crippen molar-refractivity contribution < 1.29 is 0 Å². The van der Waals surface area contributed by atoms with E-state index in [1.807, 2.05) is 24.3 Å². The first-order valence-electron chi connectivity index (χ1n) is 7.74. The van der Waals surface area contributed by atoms with Crippen LogP contribution in [0.2, 0.25) is 20.1 Å². The van der Waals surface area contributed by atoms with Crippen molar-refractivity contribution in [3.63, 3.8) is 0 Å². The van der Waals surface area contributed by atoms with Gasteiger partial charge in [-0.15, -0.1) is 0 Å². The molecular weight excluding hydrogens is 400 g/mol. The number of benzene rings is 2. The maximum atomic E-state index is 6.42. The number of rotatable bonds is 6. The number of hydrogen-bond donors (Lipinski definition) is 0. The summed E-state index contributed by atoms with van der Waals surface area (Å²) >= 11 is 24.7. The Morgan fingerprint density at radius 2 is 1.64 bits per heavy atom. The minimum Gasteiger partial charge on any atom is -0.252 e. The molecule has 0 aliphatic carbocycles. The smallest absolute Gasteiger partial charge is 0.137 e. The average molecular weight is 415 g/mol. The molecule has 0 N–H and O–H groups in total. The molecule has 1 unspecified atom stereocenters. The molecule has 0 saturated carbocycles. The molecule has 2 aromatic carbocycles. The highest BCUT2D eigenvalue weighted by atomic mass is 35.5. The van der Waals surface area contributed by atoms with Crippen molar-refractivity contribution >= 4 is 46.4 Å². The molecule has 1 heterocycles. The van der Waals surface area contributed by atoms with Crippen molar-refractivity contribution in [2.24, 2.45) is 0 Å². The first-order chi connectivity index (χ1) is 12.0. The molecule has 0 amide bonds. The number of aromatic nitrogens is 3. The summed E-state index contributed by atoms with van der Waals surface area (Å²) in [5, 5.41) is 6.79. The molecule has 0 spiro atoms. The van der Waals surface area contributed by atoms with E-state index in [-0.39, 0.29) is 5.92 Å². The van der Waals surface area contributed by atoms with E-state index in [0.29, 0.717) is 26.6 Å². The summed E-state index contributed by atoms with van der Waals surface area (Å²) in [5.74, 6) is 0.151. The van der Waals surface area contributed by atoms with E-state index in [9.17, 15) is 0 Å². The van der Waals surface area contributed by atoms with E-state index in [1.165, 1.54) is 6.33 Å². The highest BCUT2D eigenvalue weighted by Crippen LogP contribution is 2.33. The molecular formula is C18H15Cl4N3. The van der Waals surface area contributed by atoms with Gasteiger partial charge in [0.05, 0.1) is 0 Å². The summed E-state index contributed by atoms with van der Waals surface area (Å²) in [6.45, 7) is 0.673. The lowest BCUT2D eigenvalue weighted by molar-refractivity contribution is 0.488. The summed E-state index contributed by atoms with van der Waals surface area (Å²) < 4.78 is 1.80. The van der Waals surface area contributed by atoms with E-state index in [4.69, 9.17) is 46.4 Å². The molecule has 1 aromatic heterocycles. The lowest BCUT2D eigenvalue weighted by atomic mass is 9.92. The van der Waals surface area contributed by atoms with Crippen LogP contribution in [0.4, 0.5) is 0 Å². The molecule has 7 heteroatoms. The summed E-state index contributed by atoms with van der Waals surface area (Å²) in [7, 11) is 0. The Hall–Kier alpha value is -1.26. The maximum absolute atomic E-state index is 6.42. The van der Waals surface area contributed by atoms with E-state index >= 15 is 0 Å². The van der Waals surface area contributed by atoms with E-state index in [2.05, 4.69) is 10.1 Å². The van der Waals surface area contributed by atoms with Crippen LogP contribution < -0.4 is 0 Å². The Morgan fingerprint density at radius 3 is 2.28 bits per heavy atom. The number of halogens is 4. The quantitative estimate of drug-likeness (QED) is 0.473. The van der Waals surface area contributed by atoms with Crippen LogP contribution in [0.3, 0.4) is 0 Å². The zero-order valence-corrected chi connectivity index (χ0v) is 16.2. The van der Waals surface area contributed by atoms with Crippen molar-refractivity contribution in [2.45, 2.75) is 25.3 Å². The molecule has 3 rings (SSSR count). The minimum absolute atomic E-state index is 0.151. The Bertz CT molecular complexity index is 850. The van der Waals surface area contributed by atoms with Gasteiger partial charge in [-0.3, -0.25) is 4.68 Å². The lowest BCUT2D eigenvalue weighted by Gasteiger charge is -2.19. The van der Waals surface area contributed by atoms with Crippen LogP contribution in [0, 0.1) is 0 Å². The zero-order valence-electron chi connectivity index (χ0n) is 13.2. The van der Waals surface area contributed by atoms with Crippen LogP contribution in [0.5, 0.6) is 0 Å². The minimum atomic E-state index is 0.151. The van der Waals surface area contributed by atoms with Crippen molar-refractivity contribution in [1.82, 2.24) is 14.8 Å². The molecule has 0 aliphatic heterocycles. The largest absolute Gasteiger partial charge is 0.252 e. The van der Waals surface area contributed by atoms with Gasteiger partial charge in [0.25, 0.3) is 0 Å². The summed E-state index contributed by atoms with van der Waals surface area (Å²) in [4.78, 5) is 4.01. The van der Waals surface area contributed by atoms with Gasteiger partial charge in [0.2, 0.25) is 0 Å². The third kappa shape index (κ3) is 4.89. The van der Waals surface area contributed by atoms with Gasteiger partial charge in [-0.05, 0) is 48.2 Å². The normalized spacial score (nSPS) is 12.3. The monoisotopic (exact) mass is 413 g/mol. The second-order valence-corrected chi connectivity index (χ2v) is 7.44. The Labute approximate surface area is 166 Å². The third-order valence-electron chi connectivity index (χ3n) is 4.05. The number of aryl methyl sites for hydroxylation is 1. The van der Waals surface area contributed by atoms with Gasteiger partial charge < -0.3 is 0 Å². The zero-order chi connectivity index (χ0) is 17.8. The van der Waals surface area contributed by atoms with E-state index in [0.717, 1.165) is 24.0 Å². The van der Waals surface area contributed by atoms with Crippen LogP contribution in [0.15, 0.2) is 49.1 Å². The number of nitrogens with zero attached hydrogens (tertiary/aromatic N) is 3. The molecule has 3 nitrogen and oxygen atoms in total. The molecule has 3 aromatic rings. The first kappa shape index (κ1) is 18.5. The van der Waals surface area contributed by atoms with Gasteiger partial charge in [0.1, 0.15) is 12.7 Å². The van der Waals surface area contributed by atoms with E-state index in [1.54, 1.807) is 23.1 Å². The predicted molar refractivity (Wildman–Crippen MR) is 104 cm³/mol. The van der Waals surface area contributed by atoms with Gasteiger partial charge in [0.15, 0.2) is 0 Å². The van der Waals surface area contributed by atoms with E-state index < -0.39 is 0 Å². The second-order valence-electron chi connectivity index (χ2n) is 5.75. The first-order valence-corrected chi connectivity index (χ1v) is 9.25. The molecule has 0 saturated heterocycles. The van der Waals surface area contributed by atoms with Crippen molar-refractivity contribution in [3.8, 4) is 0 Å². The van der Waals surface area contributed by atoms with Crippen LogP contribution in [-0.2, 0) is 13.0 Å². The second kappa shape index (κ2) is 8.41. The summed E-state index contributed by atoms with van der Waals surface area (Å²) in [6, 6.07) is 11.2. The van der Waals surface area contributed by atoms with Gasteiger partial charge in [-0.1, -0.05) is 58.5 Å². The fraction of sp³-hybridized carbons (Fsp3) is 0.222. The fourth-order valence-electron chi connectivity index (χ4n) is 2.78. The predicted octanol–water partition coefficient (Wildman–Crippen LogP) is 6.31. The molecule has 0 aliphatic rings. The van der Waals surface area contributed by atoms with Crippen molar-refractivity contribution in [1.29, 1.82) is 0 Å². The Balaban J connectivity index is 1.83. The van der Waals surface area contributed by atoms with Crippen molar-refractivity contribution in [3.05, 3.63) is 80.3 Å². The van der Waals surface area contributed by atoms with Crippen LogP contribution in [0.1, 0.15) is 23.5 Å². The summed E-state index contributed by atoms with van der Waals surface area (Å²) in [5.41, 5.74) is 2.09. The van der Waals surface area contributed by atoms with Crippen LogP contribution in [0.25, 0.3) is 0 Å². The number of hydrogen-bond acceptors (Lipinski definition) is 2.